The SMILES string of the molecule is CCCCCCCCC(CCCCCCCc1c(F)c(F)c(F)c(F)c1F)C(O)(OC(C)C)OC(C)C. The van der Waals surface area contributed by atoms with E-state index in [0.717, 1.165) is 44.9 Å². The van der Waals surface area contributed by atoms with Crippen LogP contribution in [-0.4, -0.2) is 23.3 Å². The van der Waals surface area contributed by atoms with Gasteiger partial charge in [-0.15, -0.1) is 0 Å². The molecule has 0 spiro atoms. The second kappa shape index (κ2) is 17.4. The lowest BCUT2D eigenvalue weighted by molar-refractivity contribution is -0.407. The van der Waals surface area contributed by atoms with Crippen LogP contribution < -0.4 is 0 Å². The molecule has 37 heavy (non-hydrogen) atoms. The van der Waals surface area contributed by atoms with Gasteiger partial charge in [0.2, 0.25) is 5.82 Å². The zero-order valence-electron chi connectivity index (χ0n) is 23.3. The van der Waals surface area contributed by atoms with E-state index in [0.29, 0.717) is 19.3 Å². The van der Waals surface area contributed by atoms with Crippen molar-refractivity contribution in [3.05, 3.63) is 34.6 Å². The van der Waals surface area contributed by atoms with Crippen molar-refractivity contribution < 1.29 is 36.5 Å². The molecule has 1 atom stereocenters. The molecule has 1 N–H and O–H groups in total. The van der Waals surface area contributed by atoms with Gasteiger partial charge in [-0.05, 0) is 53.4 Å². The highest BCUT2D eigenvalue weighted by atomic mass is 19.2. The van der Waals surface area contributed by atoms with E-state index in [4.69, 9.17) is 9.47 Å². The first-order valence-electron chi connectivity index (χ1n) is 14.0. The van der Waals surface area contributed by atoms with Crippen LogP contribution in [0.25, 0.3) is 0 Å². The van der Waals surface area contributed by atoms with Crippen LogP contribution in [-0.2, 0) is 15.9 Å². The van der Waals surface area contributed by atoms with Gasteiger partial charge in [-0.3, -0.25) is 0 Å². The van der Waals surface area contributed by atoms with Crippen LogP contribution in [0, 0.1) is 35.0 Å². The summed E-state index contributed by atoms with van der Waals surface area (Å²) < 4.78 is 79.4. The molecule has 0 amide bonds. The average Bonchev–Trinajstić information content (AvgIpc) is 2.82. The highest BCUT2D eigenvalue weighted by molar-refractivity contribution is 5.24. The van der Waals surface area contributed by atoms with Crippen LogP contribution in [0.4, 0.5) is 22.0 Å². The van der Waals surface area contributed by atoms with Gasteiger partial charge in [0.15, 0.2) is 23.3 Å². The van der Waals surface area contributed by atoms with Crippen LogP contribution in [0.3, 0.4) is 0 Å². The quantitative estimate of drug-likeness (QED) is 0.0591. The third kappa shape index (κ3) is 11.6. The fourth-order valence-electron chi connectivity index (χ4n) is 4.67. The third-order valence-electron chi connectivity index (χ3n) is 6.51. The summed E-state index contributed by atoms with van der Waals surface area (Å²) in [5.41, 5.74) is -0.753. The molecule has 8 heteroatoms. The van der Waals surface area contributed by atoms with E-state index in [1.807, 2.05) is 27.7 Å². The van der Waals surface area contributed by atoms with Gasteiger partial charge in [-0.2, -0.15) is 0 Å². The predicted octanol–water partition coefficient (Wildman–Crippen LogP) is 9.13. The van der Waals surface area contributed by atoms with Crippen molar-refractivity contribution in [2.45, 2.75) is 143 Å². The Bertz CT molecular complexity index is 746. The minimum Gasteiger partial charge on any atom is -0.343 e. The Labute approximate surface area is 220 Å². The fraction of sp³-hybridized carbons (Fsp3) is 0.793. The number of ether oxygens (including phenoxy) is 2. The van der Waals surface area contributed by atoms with E-state index < -0.39 is 40.6 Å². The van der Waals surface area contributed by atoms with Gasteiger partial charge in [0.1, 0.15) is 0 Å². The Morgan fingerprint density at radius 2 is 0.973 bits per heavy atom. The molecule has 1 rings (SSSR count). The molecule has 0 aliphatic carbocycles. The van der Waals surface area contributed by atoms with Crippen molar-refractivity contribution in [1.82, 2.24) is 0 Å². The van der Waals surface area contributed by atoms with Crippen LogP contribution in [0.1, 0.15) is 124 Å². The summed E-state index contributed by atoms with van der Waals surface area (Å²) >= 11 is 0. The minimum absolute atomic E-state index is 0.197. The Kier molecular flexibility index (Phi) is 15.8. The van der Waals surface area contributed by atoms with Crippen LogP contribution in [0.5, 0.6) is 0 Å². The smallest absolute Gasteiger partial charge is 0.283 e. The maximum Gasteiger partial charge on any atom is 0.283 e. The van der Waals surface area contributed by atoms with Gasteiger partial charge in [-0.25, -0.2) is 22.0 Å². The number of benzene rings is 1. The van der Waals surface area contributed by atoms with Crippen molar-refractivity contribution >= 4 is 0 Å². The van der Waals surface area contributed by atoms with E-state index in [-0.39, 0.29) is 24.5 Å². The van der Waals surface area contributed by atoms with E-state index in [1.165, 1.54) is 19.3 Å². The second-order valence-corrected chi connectivity index (χ2v) is 10.6. The molecule has 0 bridgehead atoms. The summed E-state index contributed by atoms with van der Waals surface area (Å²) in [7, 11) is 0. The molecule has 216 valence electrons. The van der Waals surface area contributed by atoms with Crippen molar-refractivity contribution in [3.8, 4) is 0 Å². The number of unbranched alkanes of at least 4 members (excludes halogenated alkanes) is 9. The standard InChI is InChI=1S/C29H47F5O3/c1-6-7-8-9-11-14-17-22(29(35,36-20(2)3)37-21(4)5)18-15-12-10-13-16-19-23-24(30)26(32)28(34)27(33)25(23)31/h20-22,35H,6-19H2,1-5H3. The van der Waals surface area contributed by atoms with Gasteiger partial charge in [-0.1, -0.05) is 71.1 Å². The van der Waals surface area contributed by atoms with Gasteiger partial charge in [0.05, 0.1) is 12.2 Å². The summed E-state index contributed by atoms with van der Waals surface area (Å²) in [5, 5.41) is 11.3. The summed E-state index contributed by atoms with van der Waals surface area (Å²) in [4.78, 5) is 0. The minimum atomic E-state index is -2.13. The summed E-state index contributed by atoms with van der Waals surface area (Å²) in [5.74, 6) is -11.3. The summed E-state index contributed by atoms with van der Waals surface area (Å²) in [6.45, 7) is 9.63. The van der Waals surface area contributed by atoms with Crippen molar-refractivity contribution in [2.24, 2.45) is 5.92 Å². The molecule has 1 unspecified atom stereocenters. The molecule has 1 aromatic rings. The normalized spacial score (nSPS) is 13.2. The van der Waals surface area contributed by atoms with Gasteiger partial charge in [0.25, 0.3) is 5.97 Å². The first-order valence-corrected chi connectivity index (χ1v) is 14.0. The van der Waals surface area contributed by atoms with Crippen LogP contribution >= 0.6 is 0 Å². The van der Waals surface area contributed by atoms with Gasteiger partial charge in [0, 0.05) is 11.5 Å². The molecule has 0 aromatic heterocycles. The maximum atomic E-state index is 13.8. The lowest BCUT2D eigenvalue weighted by Crippen LogP contribution is -2.47. The van der Waals surface area contributed by atoms with Crippen molar-refractivity contribution in [2.75, 3.05) is 0 Å². The Morgan fingerprint density at radius 1 is 0.595 bits per heavy atom. The largest absolute Gasteiger partial charge is 0.343 e. The monoisotopic (exact) mass is 538 g/mol. The Hall–Kier alpha value is -1.25. The molecule has 3 nitrogen and oxygen atoms in total. The van der Waals surface area contributed by atoms with E-state index in [9.17, 15) is 27.1 Å². The summed E-state index contributed by atoms with van der Waals surface area (Å²) in [6, 6.07) is 0. The lowest BCUT2D eigenvalue weighted by Gasteiger charge is -2.38. The zero-order valence-corrected chi connectivity index (χ0v) is 23.3. The molecule has 0 saturated heterocycles. The predicted molar refractivity (Wildman–Crippen MR) is 137 cm³/mol. The molecule has 0 radical (unpaired) electrons. The lowest BCUT2D eigenvalue weighted by atomic mass is 9.91. The summed E-state index contributed by atoms with van der Waals surface area (Å²) in [6.07, 6.45) is 11.0. The Balaban J connectivity index is 2.61. The molecule has 1 aromatic carbocycles. The molecule has 0 heterocycles. The van der Waals surface area contributed by atoms with Gasteiger partial charge >= 0.3 is 0 Å². The highest BCUT2D eigenvalue weighted by Gasteiger charge is 2.40. The van der Waals surface area contributed by atoms with Gasteiger partial charge < -0.3 is 14.6 Å². The Morgan fingerprint density at radius 3 is 1.41 bits per heavy atom. The topological polar surface area (TPSA) is 38.7 Å². The molecule has 0 fully saturated rings. The number of hydrogen-bond donors (Lipinski definition) is 1. The number of hydrogen-bond acceptors (Lipinski definition) is 3. The molecule has 0 aliphatic rings. The first-order chi connectivity index (χ1) is 17.4. The zero-order chi connectivity index (χ0) is 28.0. The number of aliphatic hydroxyl groups is 1. The first kappa shape index (κ1) is 33.8. The number of halogens is 5. The van der Waals surface area contributed by atoms with E-state index in [1.54, 1.807) is 0 Å². The molecular weight excluding hydrogens is 491 g/mol. The fourth-order valence-corrected chi connectivity index (χ4v) is 4.67. The number of rotatable bonds is 20. The van der Waals surface area contributed by atoms with E-state index in [2.05, 4.69) is 6.92 Å². The highest BCUT2D eigenvalue weighted by Crippen LogP contribution is 2.33. The third-order valence-corrected chi connectivity index (χ3v) is 6.51. The average molecular weight is 539 g/mol. The second-order valence-electron chi connectivity index (χ2n) is 10.6. The molecular formula is C29H47F5O3. The maximum absolute atomic E-state index is 13.8. The van der Waals surface area contributed by atoms with Crippen molar-refractivity contribution in [3.63, 3.8) is 0 Å². The molecule has 0 aliphatic heterocycles. The van der Waals surface area contributed by atoms with E-state index >= 15 is 0 Å². The van der Waals surface area contributed by atoms with Crippen molar-refractivity contribution in [1.29, 1.82) is 0 Å². The van der Waals surface area contributed by atoms with Crippen LogP contribution in [0.2, 0.25) is 0 Å². The molecule has 0 saturated carbocycles. The van der Waals surface area contributed by atoms with Crippen LogP contribution in [0.15, 0.2) is 0 Å².